The average molecular weight is 353 g/mol. The topological polar surface area (TPSA) is 135 Å². The predicted octanol–water partition coefficient (Wildman–Crippen LogP) is 1.48. The van der Waals surface area contributed by atoms with Crippen LogP contribution in [0.3, 0.4) is 0 Å². The van der Waals surface area contributed by atoms with Gasteiger partial charge in [-0.2, -0.15) is 0 Å². The zero-order valence-corrected chi connectivity index (χ0v) is 10.1. The van der Waals surface area contributed by atoms with Crippen molar-refractivity contribution in [3.05, 3.63) is 36.9 Å². The van der Waals surface area contributed by atoms with Gasteiger partial charge in [-0.25, -0.2) is 9.59 Å². The van der Waals surface area contributed by atoms with Gasteiger partial charge in [0.25, 0.3) is 5.69 Å². The van der Waals surface area contributed by atoms with Crippen LogP contribution in [0.15, 0.2) is 12.1 Å². The standard InChI is InChI=1S/C8H4INO7/c11-7(12)3-2-6(10(16)17)4(8(13)14)1-5(3)9-15/h1-2H,(H,11,12)(H,13,14). The third-order valence-corrected chi connectivity index (χ3v) is 3.19. The van der Waals surface area contributed by atoms with Gasteiger partial charge < -0.3 is 10.2 Å². The van der Waals surface area contributed by atoms with Crippen molar-refractivity contribution >= 4 is 38.8 Å². The first-order chi connectivity index (χ1) is 7.88. The number of nitro groups is 1. The third kappa shape index (κ3) is 2.61. The van der Waals surface area contributed by atoms with Crippen LogP contribution in [0.2, 0.25) is 0 Å². The van der Waals surface area contributed by atoms with Gasteiger partial charge in [0.1, 0.15) is 5.56 Å². The summed E-state index contributed by atoms with van der Waals surface area (Å²) in [7, 11) is 0. The number of halogens is 1. The molecular weight excluding hydrogens is 349 g/mol. The molecule has 2 N–H and O–H groups in total. The number of nitrogens with zero attached hydrogens (tertiary/aromatic N) is 1. The van der Waals surface area contributed by atoms with Crippen molar-refractivity contribution in [2.24, 2.45) is 0 Å². The smallest absolute Gasteiger partial charge is 0.342 e. The monoisotopic (exact) mass is 353 g/mol. The predicted molar refractivity (Wildman–Crippen MR) is 60.4 cm³/mol. The van der Waals surface area contributed by atoms with E-state index in [0.29, 0.717) is 6.07 Å². The minimum atomic E-state index is -1.94. The Bertz CT molecular complexity index is 539. The van der Waals surface area contributed by atoms with E-state index in [0.717, 1.165) is 6.07 Å². The number of carboxylic acid groups (broad SMARTS) is 2. The Labute approximate surface area is 104 Å². The van der Waals surface area contributed by atoms with E-state index in [1.165, 1.54) is 0 Å². The minimum absolute atomic E-state index is 0.195. The molecule has 9 heteroatoms. The molecule has 0 bridgehead atoms. The van der Waals surface area contributed by atoms with Crippen molar-refractivity contribution in [2.45, 2.75) is 0 Å². The molecule has 0 aliphatic heterocycles. The Kier molecular flexibility index (Phi) is 3.83. The van der Waals surface area contributed by atoms with Crippen LogP contribution in [-0.2, 0) is 3.07 Å². The molecule has 0 atom stereocenters. The highest BCUT2D eigenvalue weighted by Gasteiger charge is 2.25. The van der Waals surface area contributed by atoms with Gasteiger partial charge in [0, 0.05) is 6.07 Å². The number of rotatable bonds is 4. The fourth-order valence-electron chi connectivity index (χ4n) is 1.11. The number of carboxylic acids is 2. The molecule has 0 aliphatic rings. The Morgan fingerprint density at radius 3 is 2.06 bits per heavy atom. The fraction of sp³-hybridized carbons (Fsp3) is 0. The van der Waals surface area contributed by atoms with E-state index in [4.69, 9.17) is 10.2 Å². The van der Waals surface area contributed by atoms with Gasteiger partial charge in [0.15, 0.2) is 21.2 Å². The molecule has 0 saturated heterocycles. The van der Waals surface area contributed by atoms with Crippen LogP contribution in [-0.4, -0.2) is 27.1 Å². The number of aromatic carboxylic acids is 2. The van der Waals surface area contributed by atoms with Crippen LogP contribution >= 0.6 is 21.2 Å². The first-order valence-electron chi connectivity index (χ1n) is 3.94. The summed E-state index contributed by atoms with van der Waals surface area (Å²) in [4.78, 5) is 31.1. The van der Waals surface area contributed by atoms with Crippen molar-refractivity contribution < 1.29 is 27.8 Å². The lowest BCUT2D eigenvalue weighted by Crippen LogP contribution is -2.08. The van der Waals surface area contributed by atoms with Gasteiger partial charge in [-0.1, -0.05) is 0 Å². The minimum Gasteiger partial charge on any atom is -0.478 e. The van der Waals surface area contributed by atoms with E-state index in [2.05, 4.69) is 0 Å². The summed E-state index contributed by atoms with van der Waals surface area (Å²) in [5, 5.41) is 28.0. The molecule has 1 aromatic carbocycles. The number of hydrogen-bond donors (Lipinski definition) is 2. The van der Waals surface area contributed by atoms with E-state index in [-0.39, 0.29) is 3.57 Å². The van der Waals surface area contributed by atoms with Gasteiger partial charge in [-0.15, -0.1) is 0 Å². The largest absolute Gasteiger partial charge is 0.478 e. The van der Waals surface area contributed by atoms with Crippen molar-refractivity contribution in [3.63, 3.8) is 0 Å². The Morgan fingerprint density at radius 2 is 1.71 bits per heavy atom. The summed E-state index contributed by atoms with van der Waals surface area (Å²) < 4.78 is 10.6. The highest BCUT2D eigenvalue weighted by molar-refractivity contribution is 14.1. The van der Waals surface area contributed by atoms with Crippen LogP contribution in [0, 0.1) is 13.7 Å². The number of carbonyl (C=O) groups is 2. The van der Waals surface area contributed by atoms with Crippen LogP contribution in [0.1, 0.15) is 20.7 Å². The van der Waals surface area contributed by atoms with Crippen molar-refractivity contribution in [2.75, 3.05) is 0 Å². The van der Waals surface area contributed by atoms with E-state index >= 15 is 0 Å². The van der Waals surface area contributed by atoms with E-state index in [1.807, 2.05) is 0 Å². The van der Waals surface area contributed by atoms with Crippen LogP contribution in [0.5, 0.6) is 0 Å². The summed E-state index contributed by atoms with van der Waals surface area (Å²) in [5.41, 5.74) is -2.02. The molecule has 0 radical (unpaired) electrons. The van der Waals surface area contributed by atoms with Gasteiger partial charge in [-0.05, 0) is 6.07 Å². The lowest BCUT2D eigenvalue weighted by atomic mass is 10.1. The lowest BCUT2D eigenvalue weighted by molar-refractivity contribution is -0.385. The maximum atomic E-state index is 10.8. The van der Waals surface area contributed by atoms with Crippen LogP contribution in [0.25, 0.3) is 0 Å². The number of nitro benzene ring substituents is 1. The maximum Gasteiger partial charge on any atom is 0.342 e. The molecule has 0 fully saturated rings. The summed E-state index contributed by atoms with van der Waals surface area (Å²) in [6.07, 6.45) is 0. The Balaban J connectivity index is 3.65. The van der Waals surface area contributed by atoms with Crippen molar-refractivity contribution in [1.29, 1.82) is 0 Å². The molecule has 90 valence electrons. The van der Waals surface area contributed by atoms with Gasteiger partial charge in [0.2, 0.25) is 0 Å². The first kappa shape index (κ1) is 13.2. The summed E-state index contributed by atoms with van der Waals surface area (Å²) in [5.74, 6) is -3.07. The summed E-state index contributed by atoms with van der Waals surface area (Å²) in [6.45, 7) is 0. The molecule has 1 rings (SSSR count). The van der Waals surface area contributed by atoms with Gasteiger partial charge in [0.05, 0.1) is 14.1 Å². The summed E-state index contributed by atoms with van der Waals surface area (Å²) in [6, 6.07) is 1.38. The SMILES string of the molecule is O=Ic1cc(C(=O)O)c([N+](=O)[O-])cc1C(=O)O. The first-order valence-corrected chi connectivity index (χ1v) is 5.90. The lowest BCUT2D eigenvalue weighted by Gasteiger charge is -2.02. The second-order valence-electron chi connectivity index (χ2n) is 2.79. The second-order valence-corrected chi connectivity index (χ2v) is 4.40. The molecule has 0 unspecified atom stereocenters. The average Bonchev–Trinajstić information content (AvgIpc) is 2.26. The normalized spacial score (nSPS) is 9.88. The molecule has 0 spiro atoms. The highest BCUT2D eigenvalue weighted by Crippen LogP contribution is 2.26. The Hall–Kier alpha value is -1.91. The van der Waals surface area contributed by atoms with Crippen molar-refractivity contribution in [3.8, 4) is 0 Å². The van der Waals surface area contributed by atoms with E-state index < -0.39 is 54.9 Å². The highest BCUT2D eigenvalue weighted by atomic mass is 127. The van der Waals surface area contributed by atoms with Crippen LogP contribution in [0.4, 0.5) is 5.69 Å². The Morgan fingerprint density at radius 1 is 1.18 bits per heavy atom. The molecule has 0 aromatic heterocycles. The molecule has 0 aliphatic carbocycles. The quantitative estimate of drug-likeness (QED) is 0.475. The van der Waals surface area contributed by atoms with Crippen molar-refractivity contribution in [1.82, 2.24) is 0 Å². The zero-order valence-electron chi connectivity index (χ0n) is 7.92. The van der Waals surface area contributed by atoms with E-state index in [1.54, 1.807) is 0 Å². The van der Waals surface area contributed by atoms with Crippen LogP contribution < -0.4 is 0 Å². The number of benzene rings is 1. The molecule has 8 nitrogen and oxygen atoms in total. The number of hydrogen-bond acceptors (Lipinski definition) is 5. The molecule has 0 saturated carbocycles. The second kappa shape index (κ2) is 4.95. The maximum absolute atomic E-state index is 10.8. The van der Waals surface area contributed by atoms with Gasteiger partial charge in [-0.3, -0.25) is 13.2 Å². The molecule has 1 aromatic rings. The molecule has 0 amide bonds. The zero-order chi connectivity index (χ0) is 13.2. The third-order valence-electron chi connectivity index (χ3n) is 1.83. The van der Waals surface area contributed by atoms with E-state index in [9.17, 15) is 22.8 Å². The fourth-order valence-corrected chi connectivity index (χ4v) is 2.17. The summed E-state index contributed by atoms with van der Waals surface area (Å²) >= 11 is -1.94. The molecule has 17 heavy (non-hydrogen) atoms. The molecule has 0 heterocycles. The molecular formula is C8H4INO7. The van der Waals surface area contributed by atoms with Gasteiger partial charge >= 0.3 is 11.9 Å².